The maximum atomic E-state index is 5.36. The molecule has 4 nitrogen and oxygen atoms in total. The molecule has 0 bridgehead atoms. The van der Waals surface area contributed by atoms with Crippen molar-refractivity contribution in [2.45, 2.75) is 25.7 Å². The number of nitrogens with zero attached hydrogens (tertiary/aromatic N) is 1. The first-order valence-corrected chi connectivity index (χ1v) is 8.18. The Balaban J connectivity index is 1.67. The van der Waals surface area contributed by atoms with Crippen LogP contribution in [0.4, 0.5) is 10.8 Å². The first-order chi connectivity index (χ1) is 10.3. The van der Waals surface area contributed by atoms with Gasteiger partial charge in [-0.15, -0.1) is 11.3 Å². The summed E-state index contributed by atoms with van der Waals surface area (Å²) in [6.07, 6.45) is 4.72. The molecule has 0 aliphatic heterocycles. The van der Waals surface area contributed by atoms with Crippen LogP contribution in [0.1, 0.15) is 23.4 Å². The fourth-order valence-electron chi connectivity index (χ4n) is 2.40. The third-order valence-electron chi connectivity index (χ3n) is 3.42. The Bertz CT molecular complexity index is 631. The van der Waals surface area contributed by atoms with Gasteiger partial charge in [0, 0.05) is 4.88 Å². The van der Waals surface area contributed by atoms with Gasteiger partial charge in [0.15, 0.2) is 10.2 Å². The van der Waals surface area contributed by atoms with E-state index in [1.807, 2.05) is 24.3 Å². The van der Waals surface area contributed by atoms with Crippen LogP contribution in [0.2, 0.25) is 0 Å². The average Bonchev–Trinajstić information content (AvgIpc) is 2.89. The van der Waals surface area contributed by atoms with Crippen LogP contribution < -0.4 is 15.4 Å². The summed E-state index contributed by atoms with van der Waals surface area (Å²) in [6, 6.07) is 7.69. The van der Waals surface area contributed by atoms with Gasteiger partial charge in [-0.3, -0.25) is 0 Å². The number of thiocarbonyl (C=S) groups is 1. The lowest BCUT2D eigenvalue weighted by Gasteiger charge is -2.11. The molecule has 0 saturated carbocycles. The third kappa shape index (κ3) is 3.33. The monoisotopic (exact) mass is 319 g/mol. The van der Waals surface area contributed by atoms with Crippen molar-refractivity contribution in [2.24, 2.45) is 0 Å². The number of para-hydroxylation sites is 2. The van der Waals surface area contributed by atoms with E-state index in [0.29, 0.717) is 5.11 Å². The second kappa shape index (κ2) is 6.41. The van der Waals surface area contributed by atoms with E-state index in [1.54, 1.807) is 18.4 Å². The summed E-state index contributed by atoms with van der Waals surface area (Å²) < 4.78 is 5.30. The number of aromatic nitrogens is 1. The Morgan fingerprint density at radius 3 is 2.86 bits per heavy atom. The zero-order valence-corrected chi connectivity index (χ0v) is 13.4. The van der Waals surface area contributed by atoms with Gasteiger partial charge in [0.1, 0.15) is 5.75 Å². The fraction of sp³-hybridized carbons (Fsp3) is 0.333. The molecule has 1 aliphatic rings. The number of methoxy groups -OCH3 is 1. The lowest BCUT2D eigenvalue weighted by Crippen LogP contribution is -2.19. The number of hydrogen-bond acceptors (Lipinski definition) is 4. The van der Waals surface area contributed by atoms with Crippen LogP contribution in [0.3, 0.4) is 0 Å². The molecule has 110 valence electrons. The van der Waals surface area contributed by atoms with Gasteiger partial charge in [-0.1, -0.05) is 12.1 Å². The van der Waals surface area contributed by atoms with Crippen molar-refractivity contribution in [3.8, 4) is 5.75 Å². The molecular weight excluding hydrogens is 302 g/mol. The lowest BCUT2D eigenvalue weighted by molar-refractivity contribution is 0.417. The van der Waals surface area contributed by atoms with Crippen LogP contribution >= 0.6 is 23.6 Å². The van der Waals surface area contributed by atoms with Crippen LogP contribution in [0.15, 0.2) is 24.3 Å². The number of thiazole rings is 1. The first-order valence-electron chi connectivity index (χ1n) is 6.96. The van der Waals surface area contributed by atoms with Crippen molar-refractivity contribution in [3.05, 3.63) is 34.8 Å². The van der Waals surface area contributed by atoms with E-state index in [1.165, 1.54) is 23.4 Å². The quantitative estimate of drug-likeness (QED) is 0.842. The van der Waals surface area contributed by atoms with Crippen LogP contribution in [-0.4, -0.2) is 17.2 Å². The maximum Gasteiger partial charge on any atom is 0.189 e. The Labute approximate surface area is 133 Å². The summed E-state index contributed by atoms with van der Waals surface area (Å²) in [7, 11) is 1.64. The molecule has 6 heteroatoms. The minimum absolute atomic E-state index is 0.533. The normalized spacial score (nSPS) is 13.4. The maximum absolute atomic E-state index is 5.36. The van der Waals surface area contributed by atoms with Gasteiger partial charge < -0.3 is 15.4 Å². The average molecular weight is 319 g/mol. The number of fused-ring (bicyclic) bond motifs is 1. The number of anilines is 2. The number of rotatable bonds is 3. The first kappa shape index (κ1) is 14.3. The molecule has 0 fully saturated rings. The second-order valence-corrected chi connectivity index (χ2v) is 6.37. The molecule has 2 aromatic rings. The molecule has 1 aromatic heterocycles. The Kier molecular flexibility index (Phi) is 4.36. The van der Waals surface area contributed by atoms with Crippen molar-refractivity contribution in [1.29, 1.82) is 0 Å². The van der Waals surface area contributed by atoms with Crippen molar-refractivity contribution in [2.75, 3.05) is 17.7 Å². The zero-order valence-electron chi connectivity index (χ0n) is 11.8. The number of benzene rings is 1. The summed E-state index contributed by atoms with van der Waals surface area (Å²) in [5.41, 5.74) is 2.08. The number of nitrogens with one attached hydrogen (secondary N) is 2. The predicted molar refractivity (Wildman–Crippen MR) is 91.6 cm³/mol. The van der Waals surface area contributed by atoms with E-state index in [9.17, 15) is 0 Å². The molecule has 1 aliphatic carbocycles. The summed E-state index contributed by atoms with van der Waals surface area (Å²) >= 11 is 7.06. The second-order valence-electron chi connectivity index (χ2n) is 4.88. The predicted octanol–water partition coefficient (Wildman–Crippen LogP) is 3.84. The summed E-state index contributed by atoms with van der Waals surface area (Å²) in [6.45, 7) is 0. The minimum Gasteiger partial charge on any atom is -0.495 e. The molecule has 0 spiro atoms. The third-order valence-corrected chi connectivity index (χ3v) is 4.70. The molecule has 0 atom stereocenters. The van der Waals surface area contributed by atoms with E-state index in [4.69, 9.17) is 17.0 Å². The van der Waals surface area contributed by atoms with Gasteiger partial charge in [-0.2, -0.15) is 0 Å². The van der Waals surface area contributed by atoms with Gasteiger partial charge >= 0.3 is 0 Å². The van der Waals surface area contributed by atoms with E-state index in [0.717, 1.165) is 29.4 Å². The molecule has 1 aromatic carbocycles. The molecule has 0 radical (unpaired) electrons. The van der Waals surface area contributed by atoms with Gasteiger partial charge in [-0.05, 0) is 50.0 Å². The van der Waals surface area contributed by atoms with E-state index in [-0.39, 0.29) is 0 Å². The lowest BCUT2D eigenvalue weighted by atomic mass is 10.0. The van der Waals surface area contributed by atoms with Crippen molar-refractivity contribution < 1.29 is 4.74 Å². The minimum atomic E-state index is 0.533. The Morgan fingerprint density at radius 2 is 2.05 bits per heavy atom. The van der Waals surface area contributed by atoms with Crippen molar-refractivity contribution in [3.63, 3.8) is 0 Å². The van der Waals surface area contributed by atoms with Crippen molar-refractivity contribution in [1.82, 2.24) is 4.98 Å². The Morgan fingerprint density at radius 1 is 1.24 bits per heavy atom. The number of ether oxygens (including phenoxy) is 1. The topological polar surface area (TPSA) is 46.2 Å². The standard InChI is InChI=1S/C15H17N3OS2/c1-19-12-8-4-2-6-10(12)16-14(20)18-15-17-11-7-3-5-9-13(11)21-15/h2,4,6,8H,3,5,7,9H2,1H3,(H2,16,17,18,20). The molecule has 21 heavy (non-hydrogen) atoms. The Hall–Kier alpha value is -1.66. The smallest absolute Gasteiger partial charge is 0.189 e. The van der Waals surface area contributed by atoms with E-state index >= 15 is 0 Å². The largest absolute Gasteiger partial charge is 0.495 e. The molecule has 1 heterocycles. The van der Waals surface area contributed by atoms with Crippen LogP contribution in [-0.2, 0) is 12.8 Å². The molecule has 3 rings (SSSR count). The molecule has 0 unspecified atom stereocenters. The summed E-state index contributed by atoms with van der Waals surface area (Å²) in [5, 5.41) is 7.73. The van der Waals surface area contributed by atoms with Crippen molar-refractivity contribution >= 4 is 39.5 Å². The summed E-state index contributed by atoms with van der Waals surface area (Å²) in [4.78, 5) is 6.02. The zero-order chi connectivity index (χ0) is 14.7. The number of hydrogen-bond donors (Lipinski definition) is 2. The van der Waals surface area contributed by atoms with Gasteiger partial charge in [0.2, 0.25) is 0 Å². The van der Waals surface area contributed by atoms with Gasteiger partial charge in [0.05, 0.1) is 18.5 Å². The van der Waals surface area contributed by atoms with Crippen LogP contribution in [0.25, 0.3) is 0 Å². The fourth-order valence-corrected chi connectivity index (χ4v) is 3.73. The highest BCUT2D eigenvalue weighted by molar-refractivity contribution is 7.80. The molecule has 0 amide bonds. The van der Waals surface area contributed by atoms with E-state index in [2.05, 4.69) is 15.6 Å². The molecule has 0 saturated heterocycles. The molecular formula is C15H17N3OS2. The van der Waals surface area contributed by atoms with Gasteiger partial charge in [0.25, 0.3) is 0 Å². The molecule has 2 N–H and O–H groups in total. The number of aryl methyl sites for hydroxylation is 2. The van der Waals surface area contributed by atoms with Gasteiger partial charge in [-0.25, -0.2) is 4.98 Å². The van der Waals surface area contributed by atoms with Crippen LogP contribution in [0, 0.1) is 0 Å². The SMILES string of the molecule is COc1ccccc1NC(=S)Nc1nc2c(s1)CCCC2. The highest BCUT2D eigenvalue weighted by atomic mass is 32.1. The summed E-state index contributed by atoms with van der Waals surface area (Å²) in [5.74, 6) is 0.764. The highest BCUT2D eigenvalue weighted by Gasteiger charge is 2.15. The van der Waals surface area contributed by atoms with E-state index < -0.39 is 0 Å². The van der Waals surface area contributed by atoms with Crippen LogP contribution in [0.5, 0.6) is 5.75 Å². The highest BCUT2D eigenvalue weighted by Crippen LogP contribution is 2.30.